The maximum atomic E-state index is 12.1. The van der Waals surface area contributed by atoms with Gasteiger partial charge in [-0.05, 0) is 81.0 Å². The molecule has 0 amide bonds. The van der Waals surface area contributed by atoms with Crippen LogP contribution in [-0.2, 0) is 4.79 Å². The smallest absolute Gasteiger partial charge is 0.133 e. The Morgan fingerprint density at radius 1 is 1.29 bits per heavy atom. The van der Waals surface area contributed by atoms with E-state index in [1.54, 1.807) is 5.57 Å². The van der Waals surface area contributed by atoms with E-state index in [2.05, 4.69) is 33.8 Å². The predicted molar refractivity (Wildman–Crippen MR) is 87.9 cm³/mol. The zero-order chi connectivity index (χ0) is 15.4. The maximum Gasteiger partial charge on any atom is 0.133 e. The summed E-state index contributed by atoms with van der Waals surface area (Å²) >= 11 is 0. The summed E-state index contributed by atoms with van der Waals surface area (Å²) in [5, 5.41) is 0. The number of carbonyl (C=O) groups is 1. The largest absolute Gasteiger partial charge is 0.300 e. The highest BCUT2D eigenvalue weighted by Crippen LogP contribution is 2.62. The number of fused-ring (bicyclic) bond motifs is 3. The zero-order valence-corrected chi connectivity index (χ0v) is 14.5. The highest BCUT2D eigenvalue weighted by Gasteiger charge is 2.55. The summed E-state index contributed by atoms with van der Waals surface area (Å²) in [6, 6.07) is 0. The summed E-state index contributed by atoms with van der Waals surface area (Å²) in [7, 11) is 0. The molecule has 0 N–H and O–H groups in total. The molecule has 0 spiro atoms. The molecule has 2 fully saturated rings. The lowest BCUT2D eigenvalue weighted by Gasteiger charge is -2.40. The fraction of sp³-hybridized carbons (Fsp3) is 0.850. The first-order chi connectivity index (χ1) is 9.84. The van der Waals surface area contributed by atoms with E-state index in [-0.39, 0.29) is 0 Å². The van der Waals surface area contributed by atoms with Crippen molar-refractivity contribution in [1.82, 2.24) is 0 Å². The predicted octanol–water partition coefficient (Wildman–Crippen LogP) is 5.26. The average molecular weight is 288 g/mol. The third-order valence-electron chi connectivity index (χ3n) is 7.31. The molecular formula is C20H32O. The first-order valence-electron chi connectivity index (χ1n) is 9.02. The third kappa shape index (κ3) is 2.32. The number of allylic oxidation sites excluding steroid dienone is 2. The molecule has 3 aliphatic carbocycles. The molecule has 2 saturated carbocycles. The van der Waals surface area contributed by atoms with Crippen LogP contribution in [0.3, 0.4) is 0 Å². The van der Waals surface area contributed by atoms with Gasteiger partial charge in [0.05, 0.1) is 0 Å². The van der Waals surface area contributed by atoms with Crippen LogP contribution in [0, 0.1) is 40.9 Å². The summed E-state index contributed by atoms with van der Waals surface area (Å²) in [5.41, 5.74) is 2.00. The Morgan fingerprint density at radius 2 is 2.00 bits per heavy atom. The molecule has 0 bridgehead atoms. The zero-order valence-electron chi connectivity index (χ0n) is 14.5. The summed E-state index contributed by atoms with van der Waals surface area (Å²) in [4.78, 5) is 12.1. The number of rotatable bonds is 2. The van der Waals surface area contributed by atoms with Gasteiger partial charge in [0.1, 0.15) is 5.78 Å². The van der Waals surface area contributed by atoms with Gasteiger partial charge in [0.25, 0.3) is 0 Å². The molecule has 0 aliphatic heterocycles. The molecule has 1 heteroatoms. The van der Waals surface area contributed by atoms with Gasteiger partial charge in [-0.1, -0.05) is 32.4 Å². The lowest BCUT2D eigenvalue weighted by Crippen LogP contribution is -2.35. The Morgan fingerprint density at radius 3 is 2.62 bits per heavy atom. The second-order valence-corrected chi connectivity index (χ2v) is 8.76. The van der Waals surface area contributed by atoms with E-state index >= 15 is 0 Å². The standard InChI is InChI=1S/C20H32O/c1-12(2)15-8-9-20(5)18-7-6-16(14(4)21)17(18)10-13(3)11-19(15)20/h11-12,15-19H,6-10H2,1-5H3/t15-,16+,17+,18-,19-,20+/m0/s1. The average Bonchev–Trinajstić information content (AvgIpc) is 2.91. The lowest BCUT2D eigenvalue weighted by molar-refractivity contribution is -0.122. The number of Topliss-reactive ketones (excluding diaryl/α,β-unsaturated/α-hetero) is 1. The minimum atomic E-state index is 0.340. The number of ketones is 1. The molecule has 118 valence electrons. The van der Waals surface area contributed by atoms with Crippen LogP contribution in [0.5, 0.6) is 0 Å². The van der Waals surface area contributed by atoms with Crippen molar-refractivity contribution in [1.29, 1.82) is 0 Å². The third-order valence-corrected chi connectivity index (χ3v) is 7.31. The van der Waals surface area contributed by atoms with Gasteiger partial charge >= 0.3 is 0 Å². The monoisotopic (exact) mass is 288 g/mol. The first-order valence-corrected chi connectivity index (χ1v) is 9.02. The van der Waals surface area contributed by atoms with Crippen molar-refractivity contribution in [2.24, 2.45) is 40.9 Å². The van der Waals surface area contributed by atoms with Crippen molar-refractivity contribution in [3.8, 4) is 0 Å². The van der Waals surface area contributed by atoms with Gasteiger partial charge in [0, 0.05) is 5.92 Å². The highest BCUT2D eigenvalue weighted by molar-refractivity contribution is 5.79. The van der Waals surface area contributed by atoms with Crippen molar-refractivity contribution in [3.05, 3.63) is 11.6 Å². The molecule has 0 unspecified atom stereocenters. The van der Waals surface area contributed by atoms with Crippen LogP contribution in [-0.4, -0.2) is 5.78 Å². The Balaban J connectivity index is 1.98. The summed E-state index contributed by atoms with van der Waals surface area (Å²) in [6.07, 6.45) is 8.98. The van der Waals surface area contributed by atoms with Gasteiger partial charge in [0.15, 0.2) is 0 Å². The molecule has 6 atom stereocenters. The van der Waals surface area contributed by atoms with Crippen molar-refractivity contribution < 1.29 is 4.79 Å². The van der Waals surface area contributed by atoms with E-state index in [0.29, 0.717) is 23.0 Å². The summed E-state index contributed by atoms with van der Waals surface area (Å²) in [5.74, 6) is 4.55. The van der Waals surface area contributed by atoms with E-state index in [0.717, 1.165) is 30.1 Å². The Bertz CT molecular complexity index is 460. The second kappa shape index (κ2) is 5.25. The molecule has 0 heterocycles. The maximum absolute atomic E-state index is 12.1. The number of hydrogen-bond acceptors (Lipinski definition) is 1. The van der Waals surface area contributed by atoms with Crippen LogP contribution in [0.2, 0.25) is 0 Å². The molecule has 3 aliphatic rings. The number of carbonyl (C=O) groups excluding carboxylic acids is 1. The molecule has 0 saturated heterocycles. The van der Waals surface area contributed by atoms with E-state index in [9.17, 15) is 4.79 Å². The Kier molecular flexibility index (Phi) is 3.83. The summed E-state index contributed by atoms with van der Waals surface area (Å²) < 4.78 is 0. The molecule has 21 heavy (non-hydrogen) atoms. The quantitative estimate of drug-likeness (QED) is 0.634. The first kappa shape index (κ1) is 15.3. The SMILES string of the molecule is CC(=O)[C@H]1CC[C@H]2[C@@H]1CC(C)=C[C@H]1[C@H](C(C)C)CC[C@@]12C. The number of hydrogen-bond donors (Lipinski definition) is 0. The molecule has 3 rings (SSSR count). The minimum absolute atomic E-state index is 0.340. The molecule has 0 aromatic rings. The van der Waals surface area contributed by atoms with Crippen LogP contribution in [0.15, 0.2) is 11.6 Å². The van der Waals surface area contributed by atoms with Crippen LogP contribution in [0.1, 0.15) is 66.7 Å². The van der Waals surface area contributed by atoms with Crippen LogP contribution < -0.4 is 0 Å². The molecule has 0 radical (unpaired) electrons. The fourth-order valence-electron chi connectivity index (χ4n) is 6.23. The fourth-order valence-corrected chi connectivity index (χ4v) is 6.23. The van der Waals surface area contributed by atoms with Crippen molar-refractivity contribution in [2.75, 3.05) is 0 Å². The van der Waals surface area contributed by atoms with Gasteiger partial charge in [-0.15, -0.1) is 0 Å². The van der Waals surface area contributed by atoms with E-state index in [4.69, 9.17) is 0 Å². The van der Waals surface area contributed by atoms with Gasteiger partial charge in [0.2, 0.25) is 0 Å². The molecule has 0 aromatic heterocycles. The van der Waals surface area contributed by atoms with Gasteiger partial charge in [-0.25, -0.2) is 0 Å². The van der Waals surface area contributed by atoms with Crippen molar-refractivity contribution in [2.45, 2.75) is 66.7 Å². The van der Waals surface area contributed by atoms with E-state index in [1.165, 1.54) is 25.7 Å². The van der Waals surface area contributed by atoms with Gasteiger partial charge in [-0.2, -0.15) is 0 Å². The van der Waals surface area contributed by atoms with Gasteiger partial charge in [-0.3, -0.25) is 4.79 Å². The molecule has 0 aromatic carbocycles. The van der Waals surface area contributed by atoms with Crippen LogP contribution >= 0.6 is 0 Å². The van der Waals surface area contributed by atoms with Gasteiger partial charge < -0.3 is 0 Å². The topological polar surface area (TPSA) is 17.1 Å². The van der Waals surface area contributed by atoms with Crippen LogP contribution in [0.4, 0.5) is 0 Å². The van der Waals surface area contributed by atoms with Crippen molar-refractivity contribution >= 4 is 5.78 Å². The van der Waals surface area contributed by atoms with E-state index < -0.39 is 0 Å². The van der Waals surface area contributed by atoms with Crippen LogP contribution in [0.25, 0.3) is 0 Å². The normalized spacial score (nSPS) is 46.0. The molecular weight excluding hydrogens is 256 g/mol. The second-order valence-electron chi connectivity index (χ2n) is 8.76. The lowest BCUT2D eigenvalue weighted by atomic mass is 9.64. The highest BCUT2D eigenvalue weighted by atomic mass is 16.1. The summed E-state index contributed by atoms with van der Waals surface area (Å²) in [6.45, 7) is 11.5. The minimum Gasteiger partial charge on any atom is -0.300 e. The Labute approximate surface area is 130 Å². The van der Waals surface area contributed by atoms with Crippen molar-refractivity contribution in [3.63, 3.8) is 0 Å². The van der Waals surface area contributed by atoms with E-state index in [1.807, 2.05) is 6.92 Å². The molecule has 1 nitrogen and oxygen atoms in total. The Hall–Kier alpha value is -0.590.